The van der Waals surface area contributed by atoms with Gasteiger partial charge in [-0.1, -0.05) is 39.0 Å². The lowest BCUT2D eigenvalue weighted by atomic mass is 9.79. The molecule has 0 bridgehead atoms. The minimum Gasteiger partial charge on any atom is -0.432 e. The van der Waals surface area contributed by atoms with E-state index in [0.29, 0.717) is 30.9 Å². The zero-order valence-corrected chi connectivity index (χ0v) is 19.8. The van der Waals surface area contributed by atoms with Crippen molar-refractivity contribution in [2.45, 2.75) is 96.1 Å². The maximum absolute atomic E-state index is 14.7. The fourth-order valence-corrected chi connectivity index (χ4v) is 4.84. The van der Waals surface area contributed by atoms with Crippen LogP contribution in [0.1, 0.15) is 77.6 Å². The Morgan fingerprint density at radius 3 is 2.03 bits per heavy atom. The van der Waals surface area contributed by atoms with Crippen molar-refractivity contribution in [2.75, 3.05) is 6.61 Å². The van der Waals surface area contributed by atoms with Gasteiger partial charge in [0, 0.05) is 12.1 Å². The minimum atomic E-state index is -3.92. The quantitative estimate of drug-likeness (QED) is 0.169. The van der Waals surface area contributed by atoms with Crippen LogP contribution in [0.4, 0.5) is 30.7 Å². The molecule has 1 aliphatic heterocycles. The molecule has 0 radical (unpaired) electrons. The average Bonchev–Trinajstić information content (AvgIpc) is 2.80. The monoisotopic (exact) mass is 514 g/mol. The summed E-state index contributed by atoms with van der Waals surface area (Å²) in [4.78, 5) is 0. The lowest BCUT2D eigenvalue weighted by Crippen LogP contribution is -2.45. The van der Waals surface area contributed by atoms with Crippen LogP contribution < -0.4 is 4.74 Å². The summed E-state index contributed by atoms with van der Waals surface area (Å²) < 4.78 is 112. The molecule has 1 saturated heterocycles. The summed E-state index contributed by atoms with van der Waals surface area (Å²) in [5.74, 6) is -8.08. The standard InChI is InChI=1S/C25H33F7O3/c1-2-3-4-5-6-16-7-9-17(10-8-16)24(29,30)35-22-12-11-18(15-33-22)25(31,32)34-19-13-20(26)23(28)21(27)14-19/h13-14,16-18,22H,2-12,15H2,1H3. The first-order chi connectivity index (χ1) is 16.5. The normalized spacial score (nSPS) is 26.1. The molecule has 2 unspecified atom stereocenters. The molecular weight excluding hydrogens is 481 g/mol. The summed E-state index contributed by atoms with van der Waals surface area (Å²) >= 11 is 0. The predicted octanol–water partition coefficient (Wildman–Crippen LogP) is 8.21. The average molecular weight is 515 g/mol. The number of halogens is 7. The molecule has 1 aromatic carbocycles. The molecular formula is C25H33F7O3. The molecule has 0 spiro atoms. The smallest absolute Gasteiger partial charge is 0.402 e. The second kappa shape index (κ2) is 12.1. The summed E-state index contributed by atoms with van der Waals surface area (Å²) in [6.07, 6.45) is -1.38. The Kier molecular flexibility index (Phi) is 9.71. The van der Waals surface area contributed by atoms with Crippen LogP contribution in [0.15, 0.2) is 12.1 Å². The predicted molar refractivity (Wildman–Crippen MR) is 115 cm³/mol. The van der Waals surface area contributed by atoms with E-state index in [1.807, 2.05) is 0 Å². The highest BCUT2D eigenvalue weighted by atomic mass is 19.3. The number of benzene rings is 1. The molecule has 10 heteroatoms. The first kappa shape index (κ1) is 28.0. The van der Waals surface area contributed by atoms with Crippen LogP contribution >= 0.6 is 0 Å². The van der Waals surface area contributed by atoms with Crippen molar-refractivity contribution < 1.29 is 44.9 Å². The molecule has 0 aromatic heterocycles. The van der Waals surface area contributed by atoms with Crippen LogP contribution in [0, 0.1) is 35.2 Å². The van der Waals surface area contributed by atoms with Gasteiger partial charge in [-0.25, -0.2) is 13.2 Å². The SMILES string of the molecule is CCCCCCC1CCC(C(F)(F)OC2CCC(C(F)(F)Oc3cc(F)c(F)c(F)c3)CO2)CC1. The molecule has 1 aliphatic carbocycles. The van der Waals surface area contributed by atoms with E-state index in [-0.39, 0.29) is 12.8 Å². The molecule has 1 saturated carbocycles. The molecule has 1 aromatic rings. The molecule has 2 fully saturated rings. The van der Waals surface area contributed by atoms with Gasteiger partial charge in [-0.2, -0.15) is 17.6 Å². The van der Waals surface area contributed by atoms with Gasteiger partial charge in [0.2, 0.25) is 0 Å². The van der Waals surface area contributed by atoms with Crippen molar-refractivity contribution >= 4 is 0 Å². The molecule has 2 aliphatic rings. The number of hydrogen-bond acceptors (Lipinski definition) is 3. The Labute approximate surface area is 201 Å². The Morgan fingerprint density at radius 2 is 1.46 bits per heavy atom. The zero-order valence-electron chi connectivity index (χ0n) is 19.8. The largest absolute Gasteiger partial charge is 0.432 e. The van der Waals surface area contributed by atoms with E-state index in [1.165, 1.54) is 6.42 Å². The van der Waals surface area contributed by atoms with Crippen LogP contribution in [-0.2, 0) is 9.47 Å². The van der Waals surface area contributed by atoms with Crippen molar-refractivity contribution in [2.24, 2.45) is 17.8 Å². The maximum atomic E-state index is 14.7. The van der Waals surface area contributed by atoms with Gasteiger partial charge in [0.25, 0.3) is 0 Å². The van der Waals surface area contributed by atoms with Gasteiger partial charge in [-0.15, -0.1) is 0 Å². The van der Waals surface area contributed by atoms with Gasteiger partial charge in [0.1, 0.15) is 5.75 Å². The molecule has 1 heterocycles. The second-order valence-electron chi connectivity index (χ2n) is 9.65. The lowest BCUT2D eigenvalue weighted by molar-refractivity contribution is -0.358. The topological polar surface area (TPSA) is 27.7 Å². The number of ether oxygens (including phenoxy) is 3. The van der Waals surface area contributed by atoms with E-state index in [4.69, 9.17) is 9.47 Å². The van der Waals surface area contributed by atoms with Gasteiger partial charge in [-0.3, -0.25) is 4.74 Å². The van der Waals surface area contributed by atoms with Gasteiger partial charge < -0.3 is 9.47 Å². The Morgan fingerprint density at radius 1 is 0.829 bits per heavy atom. The van der Waals surface area contributed by atoms with Gasteiger partial charge in [0.05, 0.1) is 18.4 Å². The fraction of sp³-hybridized carbons (Fsp3) is 0.760. The number of unbranched alkanes of at least 4 members (excludes halogenated alkanes) is 3. The van der Waals surface area contributed by atoms with Gasteiger partial charge in [-0.05, 0) is 44.4 Å². The van der Waals surface area contributed by atoms with Crippen molar-refractivity contribution in [1.82, 2.24) is 0 Å². The summed E-state index contributed by atoms with van der Waals surface area (Å²) in [5, 5.41) is 0. The molecule has 3 nitrogen and oxygen atoms in total. The Bertz CT molecular complexity index is 781. The van der Waals surface area contributed by atoms with Gasteiger partial charge in [0.15, 0.2) is 23.7 Å². The van der Waals surface area contributed by atoms with E-state index in [0.717, 1.165) is 38.5 Å². The highest BCUT2D eigenvalue weighted by Crippen LogP contribution is 2.43. The molecule has 0 N–H and O–H groups in total. The fourth-order valence-electron chi connectivity index (χ4n) is 4.84. The molecule has 200 valence electrons. The zero-order chi connectivity index (χ0) is 25.6. The maximum Gasteiger partial charge on any atom is 0.402 e. The highest BCUT2D eigenvalue weighted by Gasteiger charge is 2.49. The van der Waals surface area contributed by atoms with Crippen molar-refractivity contribution in [3.63, 3.8) is 0 Å². The highest BCUT2D eigenvalue weighted by molar-refractivity contribution is 5.25. The molecule has 35 heavy (non-hydrogen) atoms. The third-order valence-corrected chi connectivity index (χ3v) is 7.00. The summed E-state index contributed by atoms with van der Waals surface area (Å²) in [7, 11) is 0. The van der Waals surface area contributed by atoms with E-state index in [9.17, 15) is 30.7 Å². The Hall–Kier alpha value is -1.55. The van der Waals surface area contributed by atoms with Crippen molar-refractivity contribution in [3.05, 3.63) is 29.6 Å². The van der Waals surface area contributed by atoms with Crippen LogP contribution in [0.25, 0.3) is 0 Å². The van der Waals surface area contributed by atoms with Crippen molar-refractivity contribution in [3.8, 4) is 5.75 Å². The molecule has 0 amide bonds. The summed E-state index contributed by atoms with van der Waals surface area (Å²) in [6, 6.07) is 0.616. The summed E-state index contributed by atoms with van der Waals surface area (Å²) in [5.41, 5.74) is 0. The first-order valence-corrected chi connectivity index (χ1v) is 12.4. The van der Waals surface area contributed by atoms with E-state index in [2.05, 4.69) is 11.7 Å². The lowest BCUT2D eigenvalue weighted by Gasteiger charge is -2.37. The van der Waals surface area contributed by atoms with E-state index in [1.54, 1.807) is 0 Å². The number of rotatable bonds is 11. The number of hydrogen-bond donors (Lipinski definition) is 0. The molecule has 3 rings (SSSR count). The van der Waals surface area contributed by atoms with E-state index >= 15 is 0 Å². The number of alkyl halides is 4. The van der Waals surface area contributed by atoms with Crippen LogP contribution in [-0.4, -0.2) is 25.1 Å². The molecule has 2 atom stereocenters. The van der Waals surface area contributed by atoms with Crippen molar-refractivity contribution in [1.29, 1.82) is 0 Å². The minimum absolute atomic E-state index is 0.224. The van der Waals surface area contributed by atoms with E-state index < -0.39 is 60.2 Å². The van der Waals surface area contributed by atoms with Gasteiger partial charge >= 0.3 is 12.2 Å². The third-order valence-electron chi connectivity index (χ3n) is 7.00. The van der Waals surface area contributed by atoms with Crippen LogP contribution in [0.5, 0.6) is 5.75 Å². The second-order valence-corrected chi connectivity index (χ2v) is 9.65. The van der Waals surface area contributed by atoms with Crippen LogP contribution in [0.2, 0.25) is 0 Å². The Balaban J connectivity index is 1.44. The van der Waals surface area contributed by atoms with Crippen LogP contribution in [0.3, 0.4) is 0 Å². The third kappa shape index (κ3) is 7.71. The first-order valence-electron chi connectivity index (χ1n) is 12.4. The summed E-state index contributed by atoms with van der Waals surface area (Å²) in [6.45, 7) is 1.49.